The fourth-order valence-electron chi connectivity index (χ4n) is 1.80. The van der Waals surface area contributed by atoms with Gasteiger partial charge in [-0.3, -0.25) is 4.72 Å². The SMILES string of the molecule is Cc1cc(N)ccc1S(=O)(=O)Nc1cnc(Cl)c(C)c1. The van der Waals surface area contributed by atoms with Gasteiger partial charge in [-0.25, -0.2) is 13.4 Å². The summed E-state index contributed by atoms with van der Waals surface area (Å²) in [6.07, 6.45) is 1.37. The summed E-state index contributed by atoms with van der Waals surface area (Å²) in [5.74, 6) is 0. The Bertz CT molecular complexity index is 760. The Kier molecular flexibility index (Phi) is 3.87. The molecule has 0 saturated carbocycles. The van der Waals surface area contributed by atoms with E-state index in [-0.39, 0.29) is 4.90 Å². The zero-order valence-corrected chi connectivity index (χ0v) is 12.6. The third kappa shape index (κ3) is 3.02. The van der Waals surface area contributed by atoms with E-state index < -0.39 is 10.0 Å². The molecule has 5 nitrogen and oxygen atoms in total. The summed E-state index contributed by atoms with van der Waals surface area (Å²) in [7, 11) is -3.68. The third-order valence-electron chi connectivity index (χ3n) is 2.76. The number of hydrogen-bond donors (Lipinski definition) is 2. The van der Waals surface area contributed by atoms with Gasteiger partial charge in [0.2, 0.25) is 0 Å². The second kappa shape index (κ2) is 5.30. The molecule has 0 bridgehead atoms. The second-order valence-electron chi connectivity index (χ2n) is 4.46. The van der Waals surface area contributed by atoms with Gasteiger partial charge in [0, 0.05) is 5.69 Å². The predicted molar refractivity (Wildman–Crippen MR) is 80.4 cm³/mol. The van der Waals surface area contributed by atoms with Crippen LogP contribution >= 0.6 is 11.6 Å². The average Bonchev–Trinajstić information content (AvgIpc) is 2.33. The summed E-state index contributed by atoms with van der Waals surface area (Å²) in [6.45, 7) is 3.44. The quantitative estimate of drug-likeness (QED) is 0.674. The summed E-state index contributed by atoms with van der Waals surface area (Å²) < 4.78 is 27.1. The van der Waals surface area contributed by atoms with E-state index in [1.54, 1.807) is 32.0 Å². The maximum Gasteiger partial charge on any atom is 0.262 e. The van der Waals surface area contributed by atoms with Crippen LogP contribution in [0.4, 0.5) is 11.4 Å². The first-order valence-electron chi connectivity index (χ1n) is 5.81. The number of benzene rings is 1. The molecule has 1 aromatic carbocycles. The minimum absolute atomic E-state index is 0.180. The molecule has 1 aromatic heterocycles. The van der Waals surface area contributed by atoms with Crippen LogP contribution in [0.1, 0.15) is 11.1 Å². The molecule has 2 aromatic rings. The molecule has 0 radical (unpaired) electrons. The topological polar surface area (TPSA) is 85.1 Å². The van der Waals surface area contributed by atoms with Gasteiger partial charge < -0.3 is 5.73 Å². The number of nitrogens with one attached hydrogen (secondary N) is 1. The second-order valence-corrected chi connectivity index (χ2v) is 6.47. The summed E-state index contributed by atoms with van der Waals surface area (Å²) in [5, 5.41) is 0.344. The van der Waals surface area contributed by atoms with Crippen molar-refractivity contribution in [3.8, 4) is 0 Å². The van der Waals surface area contributed by atoms with Crippen molar-refractivity contribution in [1.82, 2.24) is 4.98 Å². The van der Waals surface area contributed by atoms with Crippen LogP contribution in [0.25, 0.3) is 0 Å². The standard InChI is InChI=1S/C13H14ClN3O2S/c1-8-5-10(15)3-4-12(8)20(18,19)17-11-6-9(2)13(14)16-7-11/h3-7,17H,15H2,1-2H3. The number of pyridine rings is 1. The predicted octanol–water partition coefficient (Wildman–Crippen LogP) is 2.73. The zero-order valence-electron chi connectivity index (χ0n) is 11.0. The van der Waals surface area contributed by atoms with Crippen molar-refractivity contribution >= 4 is 33.0 Å². The Morgan fingerprint density at radius 2 is 1.90 bits per heavy atom. The van der Waals surface area contributed by atoms with Crippen LogP contribution in [0.2, 0.25) is 5.15 Å². The number of aryl methyl sites for hydroxylation is 2. The maximum absolute atomic E-state index is 12.3. The largest absolute Gasteiger partial charge is 0.399 e. The van der Waals surface area contributed by atoms with Gasteiger partial charge in [-0.15, -0.1) is 0 Å². The lowest BCUT2D eigenvalue weighted by molar-refractivity contribution is 0.600. The highest BCUT2D eigenvalue weighted by molar-refractivity contribution is 7.92. The number of halogens is 1. The molecule has 20 heavy (non-hydrogen) atoms. The number of nitrogen functional groups attached to an aromatic ring is 1. The van der Waals surface area contributed by atoms with Gasteiger partial charge >= 0.3 is 0 Å². The minimum atomic E-state index is -3.68. The summed E-state index contributed by atoms with van der Waals surface area (Å²) in [5.41, 5.74) is 7.78. The highest BCUT2D eigenvalue weighted by Gasteiger charge is 2.17. The van der Waals surface area contributed by atoms with Crippen molar-refractivity contribution in [2.75, 3.05) is 10.5 Å². The smallest absolute Gasteiger partial charge is 0.262 e. The molecular weight excluding hydrogens is 298 g/mol. The molecule has 0 amide bonds. The Hall–Kier alpha value is -1.79. The van der Waals surface area contributed by atoms with Crippen LogP contribution in [-0.4, -0.2) is 13.4 Å². The number of rotatable bonds is 3. The molecule has 7 heteroatoms. The van der Waals surface area contributed by atoms with Gasteiger partial charge in [0.25, 0.3) is 10.0 Å². The van der Waals surface area contributed by atoms with Crippen molar-refractivity contribution in [2.24, 2.45) is 0 Å². The summed E-state index contributed by atoms with van der Waals surface area (Å²) in [6, 6.07) is 6.26. The van der Waals surface area contributed by atoms with Crippen LogP contribution in [-0.2, 0) is 10.0 Å². The Morgan fingerprint density at radius 1 is 1.20 bits per heavy atom. The number of nitrogens with two attached hydrogens (primary N) is 1. The Balaban J connectivity index is 2.38. The van der Waals surface area contributed by atoms with Crippen molar-refractivity contribution in [1.29, 1.82) is 0 Å². The number of nitrogens with zero attached hydrogens (tertiary/aromatic N) is 1. The number of sulfonamides is 1. The van der Waals surface area contributed by atoms with Gasteiger partial charge in [-0.2, -0.15) is 0 Å². The lowest BCUT2D eigenvalue weighted by Crippen LogP contribution is -2.14. The van der Waals surface area contributed by atoms with Crippen LogP contribution in [0.15, 0.2) is 35.4 Å². The van der Waals surface area contributed by atoms with Crippen molar-refractivity contribution < 1.29 is 8.42 Å². The van der Waals surface area contributed by atoms with Crippen LogP contribution in [0, 0.1) is 13.8 Å². The molecule has 0 saturated heterocycles. The summed E-state index contributed by atoms with van der Waals surface area (Å²) in [4.78, 5) is 4.09. The Morgan fingerprint density at radius 3 is 2.50 bits per heavy atom. The van der Waals surface area contributed by atoms with Crippen molar-refractivity contribution in [2.45, 2.75) is 18.7 Å². The molecule has 0 aliphatic carbocycles. The van der Waals surface area contributed by atoms with E-state index in [0.717, 1.165) is 0 Å². The van der Waals surface area contributed by atoms with E-state index >= 15 is 0 Å². The van der Waals surface area contributed by atoms with Gasteiger partial charge in [-0.05, 0) is 49.2 Å². The molecule has 106 valence electrons. The first kappa shape index (κ1) is 14.6. The van der Waals surface area contributed by atoms with Crippen LogP contribution in [0.3, 0.4) is 0 Å². The molecule has 3 N–H and O–H groups in total. The lowest BCUT2D eigenvalue weighted by Gasteiger charge is -2.11. The monoisotopic (exact) mass is 311 g/mol. The fourth-order valence-corrected chi connectivity index (χ4v) is 3.16. The van der Waals surface area contributed by atoms with Crippen molar-refractivity contribution in [3.05, 3.63) is 46.7 Å². The molecule has 1 heterocycles. The van der Waals surface area contributed by atoms with E-state index in [9.17, 15) is 8.42 Å². The maximum atomic E-state index is 12.3. The average molecular weight is 312 g/mol. The number of anilines is 2. The molecule has 2 rings (SSSR count). The molecular formula is C13H14ClN3O2S. The van der Waals surface area contributed by atoms with E-state index in [0.29, 0.717) is 27.7 Å². The zero-order chi connectivity index (χ0) is 14.9. The van der Waals surface area contributed by atoms with Crippen molar-refractivity contribution in [3.63, 3.8) is 0 Å². The van der Waals surface area contributed by atoms with E-state index in [2.05, 4.69) is 9.71 Å². The minimum Gasteiger partial charge on any atom is -0.399 e. The highest BCUT2D eigenvalue weighted by atomic mass is 35.5. The molecule has 0 fully saturated rings. The normalized spacial score (nSPS) is 11.3. The number of aromatic nitrogens is 1. The van der Waals surface area contributed by atoms with Gasteiger partial charge in [-0.1, -0.05) is 11.6 Å². The lowest BCUT2D eigenvalue weighted by atomic mass is 10.2. The van der Waals surface area contributed by atoms with Gasteiger partial charge in [0.1, 0.15) is 5.15 Å². The molecule has 0 unspecified atom stereocenters. The number of hydrogen-bond acceptors (Lipinski definition) is 4. The van der Waals surface area contributed by atoms with E-state index in [1.165, 1.54) is 12.3 Å². The van der Waals surface area contributed by atoms with Gasteiger partial charge in [0.05, 0.1) is 16.8 Å². The third-order valence-corrected chi connectivity index (χ3v) is 4.69. The van der Waals surface area contributed by atoms with Crippen LogP contribution in [0.5, 0.6) is 0 Å². The molecule has 0 aliphatic heterocycles. The van der Waals surface area contributed by atoms with E-state index in [1.807, 2.05) is 0 Å². The highest BCUT2D eigenvalue weighted by Crippen LogP contribution is 2.22. The van der Waals surface area contributed by atoms with Gasteiger partial charge in [0.15, 0.2) is 0 Å². The van der Waals surface area contributed by atoms with E-state index in [4.69, 9.17) is 17.3 Å². The molecule has 0 aliphatic rings. The summed E-state index contributed by atoms with van der Waals surface area (Å²) >= 11 is 5.81. The first-order chi connectivity index (χ1) is 9.29. The van der Waals surface area contributed by atoms with Crippen LogP contribution < -0.4 is 10.5 Å². The fraction of sp³-hybridized carbons (Fsp3) is 0.154. The molecule has 0 atom stereocenters. The first-order valence-corrected chi connectivity index (χ1v) is 7.67. The Labute approximate surface area is 122 Å². The molecule has 0 spiro atoms.